The molecule has 2 aromatic rings. The number of methoxy groups -OCH3 is 1. The first-order valence-corrected chi connectivity index (χ1v) is 5.92. The summed E-state index contributed by atoms with van der Waals surface area (Å²) in [7, 11) is 1.27. The molecule has 0 radical (unpaired) electrons. The Labute approximate surface area is 111 Å². The lowest BCUT2D eigenvalue weighted by atomic mass is 10.0. The van der Waals surface area contributed by atoms with E-state index in [0.717, 1.165) is 16.3 Å². The van der Waals surface area contributed by atoms with Gasteiger partial charge in [-0.3, -0.25) is 4.79 Å². The first-order valence-electron chi connectivity index (χ1n) is 5.92. The van der Waals surface area contributed by atoms with Gasteiger partial charge in [-0.25, -0.2) is 4.79 Å². The Morgan fingerprint density at radius 2 is 1.74 bits per heavy atom. The van der Waals surface area contributed by atoms with Crippen molar-refractivity contribution in [2.45, 2.75) is 6.92 Å². The van der Waals surface area contributed by atoms with Crippen LogP contribution in [0, 0.1) is 0 Å². The highest BCUT2D eigenvalue weighted by atomic mass is 16.5. The second kappa shape index (κ2) is 5.48. The molecule has 0 unspecified atom stereocenters. The van der Waals surface area contributed by atoms with Crippen molar-refractivity contribution in [3.63, 3.8) is 0 Å². The number of ether oxygens (including phenoxy) is 1. The van der Waals surface area contributed by atoms with Gasteiger partial charge >= 0.3 is 5.97 Å². The van der Waals surface area contributed by atoms with Gasteiger partial charge in [0.25, 0.3) is 0 Å². The minimum absolute atomic E-state index is 0.0545. The maximum absolute atomic E-state index is 11.6. The Morgan fingerprint density at radius 1 is 1.05 bits per heavy atom. The van der Waals surface area contributed by atoms with Gasteiger partial charge in [-0.05, 0) is 29.3 Å². The number of carbonyl (C=O) groups excluding carboxylic acids is 2. The summed E-state index contributed by atoms with van der Waals surface area (Å²) in [5, 5.41) is 2.05. The molecule has 19 heavy (non-hydrogen) atoms. The normalized spacial score (nSPS) is 11.4. The quantitative estimate of drug-likeness (QED) is 0.366. The SMILES string of the molecule is COC(=O)C(=Cc1cccc2ccccc12)C(C)=O. The summed E-state index contributed by atoms with van der Waals surface area (Å²) in [6.45, 7) is 1.36. The van der Waals surface area contributed by atoms with E-state index in [4.69, 9.17) is 0 Å². The number of rotatable bonds is 3. The zero-order chi connectivity index (χ0) is 13.8. The van der Waals surface area contributed by atoms with E-state index >= 15 is 0 Å². The zero-order valence-corrected chi connectivity index (χ0v) is 10.8. The summed E-state index contributed by atoms with van der Waals surface area (Å²) < 4.78 is 4.63. The van der Waals surface area contributed by atoms with Crippen molar-refractivity contribution in [1.29, 1.82) is 0 Å². The zero-order valence-electron chi connectivity index (χ0n) is 10.8. The van der Waals surface area contributed by atoms with Gasteiger partial charge in [0, 0.05) is 0 Å². The molecule has 0 aliphatic heterocycles. The molecule has 0 saturated heterocycles. The number of ketones is 1. The minimum Gasteiger partial charge on any atom is -0.465 e. The fourth-order valence-electron chi connectivity index (χ4n) is 1.95. The van der Waals surface area contributed by atoms with E-state index < -0.39 is 5.97 Å². The lowest BCUT2D eigenvalue weighted by Crippen LogP contribution is -2.11. The number of Topliss-reactive ketones (excluding diaryl/α,β-unsaturated/α-hetero) is 1. The molecule has 0 saturated carbocycles. The van der Waals surface area contributed by atoms with E-state index in [9.17, 15) is 9.59 Å². The third-order valence-corrected chi connectivity index (χ3v) is 2.91. The Balaban J connectivity index is 2.61. The predicted molar refractivity (Wildman–Crippen MR) is 74.6 cm³/mol. The summed E-state index contributed by atoms with van der Waals surface area (Å²) in [6, 6.07) is 13.6. The second-order valence-corrected chi connectivity index (χ2v) is 4.17. The first kappa shape index (κ1) is 13.0. The topological polar surface area (TPSA) is 43.4 Å². The van der Waals surface area contributed by atoms with Crippen LogP contribution in [0.25, 0.3) is 16.8 Å². The predicted octanol–water partition coefficient (Wildman–Crippen LogP) is 2.99. The first-order chi connectivity index (χ1) is 9.13. The highest BCUT2D eigenvalue weighted by molar-refractivity contribution is 6.20. The van der Waals surface area contributed by atoms with Crippen LogP contribution < -0.4 is 0 Å². The van der Waals surface area contributed by atoms with E-state index in [1.807, 2.05) is 42.5 Å². The molecule has 0 aromatic heterocycles. The standard InChI is InChI=1S/C16H14O3/c1-11(17)15(16(18)19-2)10-13-8-5-7-12-6-3-4-9-14(12)13/h3-10H,1-2H3. The largest absolute Gasteiger partial charge is 0.465 e. The van der Waals surface area contributed by atoms with Crippen LogP contribution in [0.2, 0.25) is 0 Å². The lowest BCUT2D eigenvalue weighted by molar-refractivity contribution is -0.137. The van der Waals surface area contributed by atoms with Crippen LogP contribution in [0.15, 0.2) is 48.0 Å². The fourth-order valence-corrected chi connectivity index (χ4v) is 1.95. The van der Waals surface area contributed by atoms with Gasteiger partial charge in [-0.1, -0.05) is 42.5 Å². The molecule has 0 fully saturated rings. The number of hydrogen-bond donors (Lipinski definition) is 0. The van der Waals surface area contributed by atoms with Crippen LogP contribution in [0.5, 0.6) is 0 Å². The maximum Gasteiger partial charge on any atom is 0.341 e. The Hall–Kier alpha value is -2.42. The fraction of sp³-hybridized carbons (Fsp3) is 0.125. The maximum atomic E-state index is 11.6. The van der Waals surface area contributed by atoms with Crippen LogP contribution in [-0.2, 0) is 14.3 Å². The van der Waals surface area contributed by atoms with Gasteiger partial charge in [0.1, 0.15) is 5.57 Å². The molecule has 0 atom stereocenters. The molecular weight excluding hydrogens is 240 g/mol. The van der Waals surface area contributed by atoms with Crippen molar-refractivity contribution in [3.8, 4) is 0 Å². The Morgan fingerprint density at radius 3 is 2.42 bits per heavy atom. The summed E-state index contributed by atoms with van der Waals surface area (Å²) in [5.74, 6) is -0.916. The van der Waals surface area contributed by atoms with E-state index in [1.54, 1.807) is 6.08 Å². The molecular formula is C16H14O3. The van der Waals surface area contributed by atoms with Gasteiger partial charge in [0.15, 0.2) is 5.78 Å². The van der Waals surface area contributed by atoms with Gasteiger partial charge < -0.3 is 4.74 Å². The third-order valence-electron chi connectivity index (χ3n) is 2.91. The highest BCUT2D eigenvalue weighted by Gasteiger charge is 2.15. The van der Waals surface area contributed by atoms with Gasteiger partial charge in [-0.2, -0.15) is 0 Å². The number of carbonyl (C=O) groups is 2. The van der Waals surface area contributed by atoms with Crippen molar-refractivity contribution in [2.24, 2.45) is 0 Å². The lowest BCUT2D eigenvalue weighted by Gasteiger charge is -2.05. The monoisotopic (exact) mass is 254 g/mol. The van der Waals surface area contributed by atoms with Gasteiger partial charge in [0.2, 0.25) is 0 Å². The van der Waals surface area contributed by atoms with Crippen molar-refractivity contribution in [1.82, 2.24) is 0 Å². The van der Waals surface area contributed by atoms with Gasteiger partial charge in [-0.15, -0.1) is 0 Å². The van der Waals surface area contributed by atoms with E-state index in [2.05, 4.69) is 4.74 Å². The average molecular weight is 254 g/mol. The van der Waals surface area contributed by atoms with Crippen LogP contribution in [0.3, 0.4) is 0 Å². The summed E-state index contributed by atoms with van der Waals surface area (Å²) in [6.07, 6.45) is 1.58. The molecule has 0 amide bonds. The van der Waals surface area contributed by atoms with Crippen molar-refractivity contribution < 1.29 is 14.3 Å². The van der Waals surface area contributed by atoms with Crippen molar-refractivity contribution >= 4 is 28.6 Å². The molecule has 3 heteroatoms. The van der Waals surface area contributed by atoms with E-state index in [0.29, 0.717) is 0 Å². The highest BCUT2D eigenvalue weighted by Crippen LogP contribution is 2.21. The molecule has 0 spiro atoms. The molecule has 3 nitrogen and oxygen atoms in total. The van der Waals surface area contributed by atoms with Crippen molar-refractivity contribution in [3.05, 3.63) is 53.6 Å². The Bertz CT molecular complexity index is 663. The number of fused-ring (bicyclic) bond motifs is 1. The second-order valence-electron chi connectivity index (χ2n) is 4.17. The molecule has 2 aromatic carbocycles. The van der Waals surface area contributed by atoms with Crippen LogP contribution in [0.1, 0.15) is 12.5 Å². The number of esters is 1. The molecule has 0 heterocycles. The van der Waals surface area contributed by atoms with E-state index in [-0.39, 0.29) is 11.4 Å². The van der Waals surface area contributed by atoms with Crippen LogP contribution in [0.4, 0.5) is 0 Å². The van der Waals surface area contributed by atoms with E-state index in [1.165, 1.54) is 14.0 Å². The molecule has 0 aliphatic rings. The molecule has 0 aliphatic carbocycles. The third kappa shape index (κ3) is 2.71. The van der Waals surface area contributed by atoms with Gasteiger partial charge in [0.05, 0.1) is 7.11 Å². The Kier molecular flexibility index (Phi) is 3.76. The number of benzene rings is 2. The minimum atomic E-state index is -0.611. The summed E-state index contributed by atoms with van der Waals surface area (Å²) >= 11 is 0. The summed E-state index contributed by atoms with van der Waals surface area (Å²) in [5.41, 5.74) is 0.882. The smallest absolute Gasteiger partial charge is 0.341 e. The molecule has 0 N–H and O–H groups in total. The molecule has 2 rings (SSSR count). The molecule has 96 valence electrons. The molecule has 0 bridgehead atoms. The average Bonchev–Trinajstić information content (AvgIpc) is 2.43. The van der Waals surface area contributed by atoms with Crippen LogP contribution >= 0.6 is 0 Å². The summed E-state index contributed by atoms with van der Waals surface area (Å²) in [4.78, 5) is 23.1. The van der Waals surface area contributed by atoms with Crippen LogP contribution in [-0.4, -0.2) is 18.9 Å². The number of hydrogen-bond acceptors (Lipinski definition) is 3. The van der Waals surface area contributed by atoms with Crippen molar-refractivity contribution in [2.75, 3.05) is 7.11 Å².